The third-order valence-corrected chi connectivity index (χ3v) is 3.99. The van der Waals surface area contributed by atoms with Crippen molar-refractivity contribution in [1.29, 1.82) is 0 Å². The number of hydrogen-bond donors (Lipinski definition) is 1. The lowest BCUT2D eigenvalue weighted by Crippen LogP contribution is -2.42. The van der Waals surface area contributed by atoms with Crippen molar-refractivity contribution in [2.45, 2.75) is 31.8 Å². The summed E-state index contributed by atoms with van der Waals surface area (Å²) in [6, 6.07) is 8.47. The second-order valence-corrected chi connectivity index (χ2v) is 5.51. The van der Waals surface area contributed by atoms with E-state index in [2.05, 4.69) is 24.0 Å². The summed E-state index contributed by atoms with van der Waals surface area (Å²) >= 11 is 5.98. The van der Waals surface area contributed by atoms with Gasteiger partial charge in [-0.05, 0) is 30.5 Å². The first-order valence-corrected chi connectivity index (χ1v) is 7.43. The molecule has 0 bridgehead atoms. The molecule has 1 aliphatic heterocycles. The van der Waals surface area contributed by atoms with Gasteiger partial charge in [-0.15, -0.1) is 0 Å². The molecule has 1 aromatic rings. The smallest absolute Gasteiger partial charge is 0.0593 e. The van der Waals surface area contributed by atoms with E-state index >= 15 is 0 Å². The highest BCUT2D eigenvalue weighted by molar-refractivity contribution is 6.30. The zero-order valence-corrected chi connectivity index (χ0v) is 12.3. The minimum Gasteiger partial charge on any atom is -0.380 e. The first-order chi connectivity index (χ1) is 9.22. The molecule has 3 nitrogen and oxygen atoms in total. The van der Waals surface area contributed by atoms with Crippen LogP contribution in [0.15, 0.2) is 24.3 Å². The Hall–Kier alpha value is -0.610. The number of halogens is 1. The van der Waals surface area contributed by atoms with Crippen LogP contribution in [0.1, 0.15) is 31.4 Å². The Morgan fingerprint density at radius 3 is 2.68 bits per heavy atom. The Morgan fingerprint density at radius 2 is 2.00 bits per heavy atom. The lowest BCUT2D eigenvalue weighted by Gasteiger charge is -2.34. The van der Waals surface area contributed by atoms with Crippen LogP contribution in [0.25, 0.3) is 0 Å². The number of hydrogen-bond acceptors (Lipinski definition) is 3. The van der Waals surface area contributed by atoms with Gasteiger partial charge in [-0.1, -0.05) is 30.7 Å². The molecule has 2 atom stereocenters. The predicted molar refractivity (Wildman–Crippen MR) is 79.5 cm³/mol. The van der Waals surface area contributed by atoms with E-state index in [1.807, 2.05) is 12.1 Å². The molecular formula is C15H23ClN2O. The molecule has 0 aromatic heterocycles. The average molecular weight is 283 g/mol. The van der Waals surface area contributed by atoms with Crippen molar-refractivity contribution in [3.05, 3.63) is 34.9 Å². The van der Waals surface area contributed by atoms with Crippen LogP contribution in [0.5, 0.6) is 0 Å². The van der Waals surface area contributed by atoms with Crippen molar-refractivity contribution >= 4 is 11.6 Å². The first-order valence-electron chi connectivity index (χ1n) is 7.05. The number of benzene rings is 1. The van der Waals surface area contributed by atoms with Crippen LogP contribution in [-0.4, -0.2) is 37.2 Å². The molecule has 1 saturated heterocycles. The first kappa shape index (κ1) is 14.8. The second-order valence-electron chi connectivity index (χ2n) is 5.07. The van der Waals surface area contributed by atoms with Crippen LogP contribution < -0.4 is 5.73 Å². The lowest BCUT2D eigenvalue weighted by molar-refractivity contribution is 0.125. The quantitative estimate of drug-likeness (QED) is 0.923. The highest BCUT2D eigenvalue weighted by Gasteiger charge is 2.26. The van der Waals surface area contributed by atoms with Crippen molar-refractivity contribution in [1.82, 2.24) is 4.90 Å². The summed E-state index contributed by atoms with van der Waals surface area (Å²) in [6.45, 7) is 5.77. The van der Waals surface area contributed by atoms with E-state index in [0.717, 1.165) is 44.2 Å². The maximum Gasteiger partial charge on any atom is 0.0593 e. The van der Waals surface area contributed by atoms with E-state index in [1.165, 1.54) is 5.56 Å². The average Bonchev–Trinajstić information content (AvgIpc) is 2.70. The minimum absolute atomic E-state index is 0.138. The third-order valence-electron chi connectivity index (χ3n) is 3.74. The summed E-state index contributed by atoms with van der Waals surface area (Å²) in [7, 11) is 0. The molecule has 1 heterocycles. The highest BCUT2D eigenvalue weighted by atomic mass is 35.5. The monoisotopic (exact) mass is 282 g/mol. The molecule has 0 radical (unpaired) electrons. The van der Waals surface area contributed by atoms with E-state index < -0.39 is 0 Å². The zero-order valence-electron chi connectivity index (χ0n) is 11.5. The van der Waals surface area contributed by atoms with Crippen molar-refractivity contribution in [3.63, 3.8) is 0 Å². The van der Waals surface area contributed by atoms with Crippen LogP contribution in [0.4, 0.5) is 0 Å². The van der Waals surface area contributed by atoms with Gasteiger partial charge in [0.05, 0.1) is 6.61 Å². The van der Waals surface area contributed by atoms with Crippen LogP contribution in [-0.2, 0) is 4.74 Å². The predicted octanol–water partition coefficient (Wildman–Crippen LogP) is 2.84. The molecule has 0 aliphatic carbocycles. The molecule has 4 heteroatoms. The molecule has 1 aliphatic rings. The molecule has 0 spiro atoms. The van der Waals surface area contributed by atoms with Gasteiger partial charge in [0.15, 0.2) is 0 Å². The van der Waals surface area contributed by atoms with E-state index in [4.69, 9.17) is 22.1 Å². The van der Waals surface area contributed by atoms with Crippen molar-refractivity contribution in [3.8, 4) is 0 Å². The number of rotatable bonds is 4. The maximum absolute atomic E-state index is 6.35. The largest absolute Gasteiger partial charge is 0.380 e. The summed E-state index contributed by atoms with van der Waals surface area (Å²) < 4.78 is 5.54. The molecule has 2 N–H and O–H groups in total. The normalized spacial score (nSPS) is 20.8. The lowest BCUT2D eigenvalue weighted by atomic mass is 9.96. The van der Waals surface area contributed by atoms with Crippen molar-refractivity contribution in [2.75, 3.05) is 26.3 Å². The van der Waals surface area contributed by atoms with Gasteiger partial charge in [0.2, 0.25) is 0 Å². The zero-order chi connectivity index (χ0) is 13.7. The molecule has 2 unspecified atom stereocenters. The van der Waals surface area contributed by atoms with Crippen molar-refractivity contribution < 1.29 is 4.74 Å². The SMILES string of the molecule is CCC(N)C(c1ccc(Cl)cc1)N1CCCOCC1. The summed E-state index contributed by atoms with van der Waals surface area (Å²) in [5.41, 5.74) is 7.60. The summed E-state index contributed by atoms with van der Waals surface area (Å²) in [6.07, 6.45) is 2.03. The van der Waals surface area contributed by atoms with E-state index in [1.54, 1.807) is 0 Å². The molecular weight excluding hydrogens is 260 g/mol. The van der Waals surface area contributed by atoms with Crippen LogP contribution in [0.2, 0.25) is 5.02 Å². The van der Waals surface area contributed by atoms with Crippen LogP contribution in [0.3, 0.4) is 0 Å². The van der Waals surface area contributed by atoms with Gasteiger partial charge in [0.25, 0.3) is 0 Å². The van der Waals surface area contributed by atoms with Gasteiger partial charge in [-0.3, -0.25) is 4.90 Å². The molecule has 0 saturated carbocycles. The van der Waals surface area contributed by atoms with Crippen LogP contribution >= 0.6 is 11.6 Å². The summed E-state index contributed by atoms with van der Waals surface area (Å²) in [5, 5.41) is 0.770. The number of ether oxygens (including phenoxy) is 1. The van der Waals surface area contributed by atoms with E-state index in [-0.39, 0.29) is 12.1 Å². The van der Waals surface area contributed by atoms with Crippen LogP contribution in [0, 0.1) is 0 Å². The Morgan fingerprint density at radius 1 is 1.26 bits per heavy atom. The standard InChI is InChI=1S/C15H23ClN2O/c1-2-14(17)15(12-4-6-13(16)7-5-12)18-8-3-10-19-11-9-18/h4-7,14-15H,2-3,8-11,17H2,1H3. The number of nitrogens with two attached hydrogens (primary N) is 1. The highest BCUT2D eigenvalue weighted by Crippen LogP contribution is 2.27. The van der Waals surface area contributed by atoms with E-state index in [0.29, 0.717) is 0 Å². The van der Waals surface area contributed by atoms with Gasteiger partial charge < -0.3 is 10.5 Å². The van der Waals surface area contributed by atoms with Crippen molar-refractivity contribution in [2.24, 2.45) is 5.73 Å². The molecule has 1 aromatic carbocycles. The van der Waals surface area contributed by atoms with Gasteiger partial charge >= 0.3 is 0 Å². The Balaban J connectivity index is 2.21. The van der Waals surface area contributed by atoms with E-state index in [9.17, 15) is 0 Å². The molecule has 2 rings (SSSR count). The van der Waals surface area contributed by atoms with Gasteiger partial charge in [-0.2, -0.15) is 0 Å². The molecule has 1 fully saturated rings. The Labute approximate surface area is 120 Å². The van der Waals surface area contributed by atoms with Gasteiger partial charge in [-0.25, -0.2) is 0 Å². The molecule has 0 amide bonds. The molecule has 19 heavy (non-hydrogen) atoms. The molecule has 106 valence electrons. The third kappa shape index (κ3) is 3.93. The number of nitrogens with zero attached hydrogens (tertiary/aromatic N) is 1. The Kier molecular flexibility index (Phi) is 5.64. The summed E-state index contributed by atoms with van der Waals surface area (Å²) in [5.74, 6) is 0. The van der Waals surface area contributed by atoms with Gasteiger partial charge in [0, 0.05) is 36.8 Å². The topological polar surface area (TPSA) is 38.5 Å². The maximum atomic E-state index is 6.35. The minimum atomic E-state index is 0.138. The fourth-order valence-electron chi connectivity index (χ4n) is 2.66. The Bertz CT molecular complexity index is 374. The second kappa shape index (κ2) is 7.25. The van der Waals surface area contributed by atoms with Gasteiger partial charge in [0.1, 0.15) is 0 Å². The fourth-order valence-corrected chi connectivity index (χ4v) is 2.78. The fraction of sp³-hybridized carbons (Fsp3) is 0.600. The summed E-state index contributed by atoms with van der Waals surface area (Å²) in [4.78, 5) is 2.45.